The van der Waals surface area contributed by atoms with Crippen LogP contribution < -0.4 is 0 Å². The maximum Gasteiger partial charge on any atom is 0.160 e. The molecule has 15 rings (SSSR count). The highest BCUT2D eigenvalue weighted by molar-refractivity contribution is 6.14. The minimum atomic E-state index is 0.651. The second-order valence-corrected chi connectivity index (χ2v) is 19.7. The van der Waals surface area contributed by atoms with Crippen molar-refractivity contribution in [2.45, 2.75) is 0 Å². The van der Waals surface area contributed by atoms with Crippen LogP contribution in [0.1, 0.15) is 5.56 Å². The Balaban J connectivity index is 0.796. The molecule has 4 aromatic heterocycles. The summed E-state index contributed by atoms with van der Waals surface area (Å²) in [5.41, 5.74) is 20.1. The molecule has 15 aromatic rings. The molecule has 0 fully saturated rings. The average Bonchev–Trinajstić information content (AvgIpc) is 4.22. The van der Waals surface area contributed by atoms with E-state index in [1.54, 1.807) is 0 Å². The number of hydrogen-bond acceptors (Lipinski definition) is 3. The summed E-state index contributed by atoms with van der Waals surface area (Å²) in [6.07, 6.45) is 0. The van der Waals surface area contributed by atoms with Crippen LogP contribution in [0.25, 0.3) is 139 Å². The molecule has 0 aliphatic carbocycles. The van der Waals surface area contributed by atoms with E-state index in [2.05, 4.69) is 238 Å². The van der Waals surface area contributed by atoms with E-state index >= 15 is 0 Å². The predicted octanol–water partition coefficient (Wildman–Crippen LogP) is 18.0. The van der Waals surface area contributed by atoms with Crippen LogP contribution in [0.15, 0.2) is 267 Å². The van der Waals surface area contributed by atoms with Crippen LogP contribution in [0, 0.1) is 11.3 Å². The lowest BCUT2D eigenvalue weighted by molar-refractivity contribution is 1.16. The average molecular weight is 981 g/mol. The molecule has 358 valence electrons. The topological polar surface area (TPSA) is 64.4 Å². The van der Waals surface area contributed by atoms with Crippen molar-refractivity contribution in [2.24, 2.45) is 0 Å². The van der Waals surface area contributed by atoms with Gasteiger partial charge in [-0.05, 0) is 113 Å². The molecule has 0 amide bonds. The zero-order valence-corrected chi connectivity index (χ0v) is 41.6. The summed E-state index contributed by atoms with van der Waals surface area (Å²) in [6, 6.07) is 97.1. The molecule has 11 aromatic carbocycles. The van der Waals surface area contributed by atoms with Crippen LogP contribution in [0.5, 0.6) is 0 Å². The normalized spacial score (nSPS) is 11.6. The van der Waals surface area contributed by atoms with Crippen molar-refractivity contribution in [1.82, 2.24) is 23.7 Å². The molecule has 0 N–H and O–H groups in total. The van der Waals surface area contributed by atoms with Gasteiger partial charge in [-0.25, -0.2) is 9.97 Å². The Morgan fingerprint density at radius 1 is 0.260 bits per heavy atom. The molecule has 0 spiro atoms. The molecule has 0 saturated carbocycles. The van der Waals surface area contributed by atoms with Crippen LogP contribution in [0.3, 0.4) is 0 Å². The third-order valence-corrected chi connectivity index (χ3v) is 15.3. The zero-order valence-electron chi connectivity index (χ0n) is 41.6. The fourth-order valence-electron chi connectivity index (χ4n) is 11.6. The minimum Gasteiger partial charge on any atom is -0.309 e. The van der Waals surface area contributed by atoms with Gasteiger partial charge in [-0.3, -0.25) is 0 Å². The Morgan fingerprint density at radius 2 is 0.597 bits per heavy atom. The van der Waals surface area contributed by atoms with E-state index in [0.29, 0.717) is 11.4 Å². The zero-order chi connectivity index (χ0) is 51.0. The molecule has 77 heavy (non-hydrogen) atoms. The van der Waals surface area contributed by atoms with Crippen molar-refractivity contribution in [3.8, 4) is 79.3 Å². The first kappa shape index (κ1) is 43.9. The lowest BCUT2D eigenvalue weighted by Crippen LogP contribution is -1.96. The first-order valence-electron chi connectivity index (χ1n) is 25.9. The first-order valence-corrected chi connectivity index (χ1v) is 25.9. The third kappa shape index (κ3) is 7.33. The van der Waals surface area contributed by atoms with Gasteiger partial charge in [0.15, 0.2) is 5.82 Å². The van der Waals surface area contributed by atoms with Crippen LogP contribution in [0.2, 0.25) is 0 Å². The van der Waals surface area contributed by atoms with Crippen molar-refractivity contribution >= 4 is 65.4 Å². The Morgan fingerprint density at radius 3 is 1.08 bits per heavy atom. The van der Waals surface area contributed by atoms with Gasteiger partial charge < -0.3 is 13.7 Å². The number of nitrogens with zero attached hydrogens (tertiary/aromatic N) is 6. The first-order chi connectivity index (χ1) is 38.1. The summed E-state index contributed by atoms with van der Waals surface area (Å²) < 4.78 is 7.14. The molecular formula is C71H44N6. The van der Waals surface area contributed by atoms with Gasteiger partial charge in [0, 0.05) is 66.1 Å². The summed E-state index contributed by atoms with van der Waals surface area (Å²) in [4.78, 5) is 10.0. The molecule has 6 heteroatoms. The van der Waals surface area contributed by atoms with E-state index < -0.39 is 0 Å². The summed E-state index contributed by atoms with van der Waals surface area (Å²) in [7, 11) is 0. The molecule has 6 nitrogen and oxygen atoms in total. The summed E-state index contributed by atoms with van der Waals surface area (Å²) in [5.74, 6) is 0.706. The number of rotatable bonds is 8. The number of para-hydroxylation sites is 3. The smallest absolute Gasteiger partial charge is 0.160 e. The molecule has 0 saturated heterocycles. The molecule has 0 aliphatic rings. The highest BCUT2D eigenvalue weighted by Gasteiger charge is 2.20. The molecule has 0 bridgehead atoms. The summed E-state index contributed by atoms with van der Waals surface area (Å²) >= 11 is 0. The van der Waals surface area contributed by atoms with E-state index in [0.717, 1.165) is 111 Å². The highest BCUT2D eigenvalue weighted by Crippen LogP contribution is 2.40. The van der Waals surface area contributed by atoms with Gasteiger partial charge in [0.05, 0.1) is 56.1 Å². The third-order valence-electron chi connectivity index (χ3n) is 15.3. The van der Waals surface area contributed by atoms with Gasteiger partial charge in [0.25, 0.3) is 0 Å². The fraction of sp³-hybridized carbons (Fsp3) is 0. The quantitative estimate of drug-likeness (QED) is 0.152. The largest absolute Gasteiger partial charge is 0.309 e. The Hall–Kier alpha value is -10.6. The van der Waals surface area contributed by atoms with E-state index in [-0.39, 0.29) is 0 Å². The van der Waals surface area contributed by atoms with Crippen molar-refractivity contribution in [1.29, 1.82) is 5.26 Å². The number of fused-ring (bicyclic) bond motifs is 9. The van der Waals surface area contributed by atoms with Crippen LogP contribution >= 0.6 is 0 Å². The second kappa shape index (κ2) is 17.8. The Kier molecular flexibility index (Phi) is 10.2. The van der Waals surface area contributed by atoms with Gasteiger partial charge in [-0.15, -0.1) is 0 Å². The molecule has 4 heterocycles. The standard InChI is InChI=1S/C71H44N6/c72-45-46-23-38-68-60(41-46)59-19-9-12-22-67(59)77(68)56-37-40-70-62(43-56)61-42-55(76-65-20-10-7-17-57(65)58-18-8-11-21-66(58)76)36-39-69(61)75(70)54-34-32-50(33-35-54)48-26-24-47(25-27-48)49-28-30-52(31-29-49)64-44-63(51-13-3-1-4-14-51)73-71(74-64)53-15-5-2-6-16-53/h1-44H. The maximum absolute atomic E-state index is 9.87. The van der Waals surface area contributed by atoms with E-state index in [9.17, 15) is 5.26 Å². The molecule has 0 radical (unpaired) electrons. The number of benzene rings is 11. The van der Waals surface area contributed by atoms with E-state index in [1.165, 1.54) is 21.8 Å². The molecule has 0 aliphatic heterocycles. The van der Waals surface area contributed by atoms with Crippen molar-refractivity contribution in [3.63, 3.8) is 0 Å². The lowest BCUT2D eigenvalue weighted by atomic mass is 9.98. The molecular weight excluding hydrogens is 937 g/mol. The van der Waals surface area contributed by atoms with Crippen molar-refractivity contribution in [2.75, 3.05) is 0 Å². The van der Waals surface area contributed by atoms with Gasteiger partial charge >= 0.3 is 0 Å². The van der Waals surface area contributed by atoms with Gasteiger partial charge in [-0.1, -0.05) is 176 Å². The summed E-state index contributed by atoms with van der Waals surface area (Å²) in [5, 5.41) is 16.8. The second-order valence-electron chi connectivity index (χ2n) is 19.7. The summed E-state index contributed by atoms with van der Waals surface area (Å²) in [6.45, 7) is 0. The highest BCUT2D eigenvalue weighted by atomic mass is 15.0. The number of hydrogen-bond donors (Lipinski definition) is 0. The van der Waals surface area contributed by atoms with Crippen LogP contribution in [-0.4, -0.2) is 23.7 Å². The molecule has 0 unspecified atom stereocenters. The van der Waals surface area contributed by atoms with Gasteiger partial charge in [0.2, 0.25) is 0 Å². The lowest BCUT2D eigenvalue weighted by Gasteiger charge is -2.12. The predicted molar refractivity (Wildman–Crippen MR) is 317 cm³/mol. The Bertz CT molecular complexity index is 4720. The van der Waals surface area contributed by atoms with Crippen LogP contribution in [-0.2, 0) is 0 Å². The number of nitriles is 1. The van der Waals surface area contributed by atoms with Crippen molar-refractivity contribution < 1.29 is 0 Å². The van der Waals surface area contributed by atoms with Gasteiger partial charge in [-0.2, -0.15) is 5.26 Å². The Labute approximate surface area is 443 Å². The van der Waals surface area contributed by atoms with E-state index in [4.69, 9.17) is 9.97 Å². The monoisotopic (exact) mass is 980 g/mol. The minimum absolute atomic E-state index is 0.651. The van der Waals surface area contributed by atoms with E-state index in [1.807, 2.05) is 48.5 Å². The fourth-order valence-corrected chi connectivity index (χ4v) is 11.6. The van der Waals surface area contributed by atoms with Crippen LogP contribution in [0.4, 0.5) is 0 Å². The SMILES string of the molecule is N#Cc1ccc2c(c1)c1ccccc1n2-c1ccc2c(c1)c1cc(-n3c4ccccc4c4ccccc43)ccc1n2-c1ccc(-c2ccc(-c3ccc(-c4cc(-c5ccccc5)nc(-c5ccccc5)n4)cc3)cc2)cc1. The van der Waals surface area contributed by atoms with Crippen molar-refractivity contribution in [3.05, 3.63) is 272 Å². The van der Waals surface area contributed by atoms with Gasteiger partial charge in [0.1, 0.15) is 0 Å². The molecule has 0 atom stereocenters. The number of aromatic nitrogens is 5. The maximum atomic E-state index is 9.87.